The van der Waals surface area contributed by atoms with Gasteiger partial charge in [-0.05, 0) is 5.92 Å². The van der Waals surface area contributed by atoms with Crippen LogP contribution in [0.25, 0.3) is 0 Å². The Hall–Kier alpha value is -1.70. The molecule has 8 heteroatoms. The second-order valence-electron chi connectivity index (χ2n) is 4.42. The van der Waals surface area contributed by atoms with Crippen molar-refractivity contribution in [2.45, 2.75) is 25.1 Å². The summed E-state index contributed by atoms with van der Waals surface area (Å²) in [5.41, 5.74) is 0.581. The summed E-state index contributed by atoms with van der Waals surface area (Å²) in [6.45, 7) is 3.77. The average Bonchev–Trinajstić information content (AvgIpc) is 2.25. The van der Waals surface area contributed by atoms with Crippen LogP contribution in [0, 0.1) is 5.92 Å². The first-order valence-corrected chi connectivity index (χ1v) is 7.23. The van der Waals surface area contributed by atoms with E-state index in [1.165, 1.54) is 6.20 Å². The monoisotopic (exact) mass is 271 g/mol. The van der Waals surface area contributed by atoms with Crippen molar-refractivity contribution in [3.8, 4) is 0 Å². The highest BCUT2D eigenvalue weighted by Gasteiger charge is 2.31. The van der Waals surface area contributed by atoms with Crippen molar-refractivity contribution in [1.29, 1.82) is 0 Å². The summed E-state index contributed by atoms with van der Waals surface area (Å²) in [6.07, 6.45) is 1.28. The number of carbonyl (C=O) groups excluding carboxylic acids is 1. The third-order valence-corrected chi connectivity index (χ3v) is 3.35. The van der Waals surface area contributed by atoms with Crippen LogP contribution in [0.15, 0.2) is 11.4 Å². The van der Waals surface area contributed by atoms with E-state index >= 15 is 0 Å². The lowest BCUT2D eigenvalue weighted by Crippen LogP contribution is -2.29. The summed E-state index contributed by atoms with van der Waals surface area (Å²) in [6, 6.07) is 0. The molecule has 0 aromatic carbocycles. The van der Waals surface area contributed by atoms with Crippen LogP contribution in [0.5, 0.6) is 0 Å². The van der Waals surface area contributed by atoms with Crippen molar-refractivity contribution in [2.75, 3.05) is 11.6 Å². The number of rotatable bonds is 2. The zero-order chi connectivity index (χ0) is 13.5. The van der Waals surface area contributed by atoms with Gasteiger partial charge in [0.1, 0.15) is 11.9 Å². The van der Waals surface area contributed by atoms with Gasteiger partial charge in [0.25, 0.3) is 0 Å². The number of hydrogen-bond acceptors (Lipinski definition) is 6. The van der Waals surface area contributed by atoms with E-state index in [0.717, 1.165) is 6.26 Å². The number of carbonyl (C=O) groups is 1. The van der Waals surface area contributed by atoms with Crippen LogP contribution < -0.4 is 5.32 Å². The molecule has 0 fully saturated rings. The van der Waals surface area contributed by atoms with E-state index in [4.69, 9.17) is 4.74 Å². The molecule has 0 saturated heterocycles. The molecule has 0 spiro atoms. The van der Waals surface area contributed by atoms with Crippen LogP contribution in [0.2, 0.25) is 0 Å². The van der Waals surface area contributed by atoms with Gasteiger partial charge >= 0.3 is 6.09 Å². The number of cyclic esters (lactones) is 1. The van der Waals surface area contributed by atoms with Gasteiger partial charge in [-0.3, -0.25) is 5.32 Å². The predicted molar refractivity (Wildman–Crippen MR) is 62.8 cm³/mol. The Labute approximate surface area is 105 Å². The minimum absolute atomic E-state index is 0.0440. The van der Waals surface area contributed by atoms with E-state index in [-0.39, 0.29) is 16.9 Å². The molecule has 1 N–H and O–H groups in total. The van der Waals surface area contributed by atoms with Gasteiger partial charge in [0, 0.05) is 12.5 Å². The highest BCUT2D eigenvalue weighted by molar-refractivity contribution is 7.90. The van der Waals surface area contributed by atoms with Crippen LogP contribution in [0.1, 0.15) is 25.5 Å². The number of aromatic nitrogens is 2. The first-order chi connectivity index (χ1) is 8.29. The number of fused-ring (bicyclic) bond motifs is 1. The summed E-state index contributed by atoms with van der Waals surface area (Å²) >= 11 is 0. The van der Waals surface area contributed by atoms with E-state index in [2.05, 4.69) is 15.3 Å². The fraction of sp³-hybridized carbons (Fsp3) is 0.500. The molecule has 1 aliphatic heterocycles. The Balaban J connectivity index is 2.53. The molecule has 98 valence electrons. The summed E-state index contributed by atoms with van der Waals surface area (Å²) < 4.78 is 27.8. The molecule has 1 aromatic heterocycles. The molecule has 1 unspecified atom stereocenters. The maximum absolute atomic E-state index is 11.4. The molecule has 7 nitrogen and oxygen atoms in total. The average molecular weight is 271 g/mol. The lowest BCUT2D eigenvalue weighted by atomic mass is 10.00. The topological polar surface area (TPSA) is 98.2 Å². The van der Waals surface area contributed by atoms with Crippen molar-refractivity contribution >= 4 is 21.7 Å². The minimum atomic E-state index is -3.51. The predicted octanol–water partition coefficient (Wildman–Crippen LogP) is 1.14. The van der Waals surface area contributed by atoms with E-state index in [1.807, 2.05) is 13.8 Å². The maximum atomic E-state index is 11.4. The molecule has 0 bridgehead atoms. The Morgan fingerprint density at radius 1 is 1.44 bits per heavy atom. The first-order valence-electron chi connectivity index (χ1n) is 5.33. The molecule has 2 rings (SSSR count). The summed E-state index contributed by atoms with van der Waals surface area (Å²) in [4.78, 5) is 19.0. The van der Waals surface area contributed by atoms with Crippen LogP contribution in [0.3, 0.4) is 0 Å². The molecule has 0 radical (unpaired) electrons. The van der Waals surface area contributed by atoms with Crippen LogP contribution in [-0.2, 0) is 14.6 Å². The molecule has 18 heavy (non-hydrogen) atoms. The number of nitrogens with one attached hydrogen (secondary N) is 1. The lowest BCUT2D eigenvalue weighted by Gasteiger charge is -2.27. The van der Waals surface area contributed by atoms with Crippen LogP contribution >= 0.6 is 0 Å². The van der Waals surface area contributed by atoms with Crippen molar-refractivity contribution in [1.82, 2.24) is 9.97 Å². The van der Waals surface area contributed by atoms with Gasteiger partial charge in [-0.25, -0.2) is 23.2 Å². The van der Waals surface area contributed by atoms with Crippen molar-refractivity contribution in [2.24, 2.45) is 5.92 Å². The molecule has 0 aliphatic carbocycles. The minimum Gasteiger partial charge on any atom is -0.441 e. The molecule has 1 aliphatic rings. The quantitative estimate of drug-likeness (QED) is 0.810. The molecule has 1 atom stereocenters. The number of ether oxygens (including phenoxy) is 1. The molecule has 0 saturated carbocycles. The number of hydrogen-bond donors (Lipinski definition) is 1. The number of amides is 1. The molecule has 1 aromatic rings. The normalized spacial score (nSPS) is 19.1. The van der Waals surface area contributed by atoms with Gasteiger partial charge in [0.15, 0.2) is 0 Å². The smallest absolute Gasteiger partial charge is 0.413 e. The third kappa shape index (κ3) is 2.28. The lowest BCUT2D eigenvalue weighted by molar-refractivity contribution is 0.0767. The third-order valence-electron chi connectivity index (χ3n) is 2.49. The molecule has 1 amide bonds. The van der Waals surface area contributed by atoms with Gasteiger partial charge < -0.3 is 4.74 Å². The SMILES string of the molecule is CC(C)C1OC(=O)Nc2nc(S(C)(=O)=O)ncc21. The Bertz CT molecular complexity index is 597. The van der Waals surface area contributed by atoms with E-state index < -0.39 is 22.0 Å². The van der Waals surface area contributed by atoms with Crippen molar-refractivity contribution < 1.29 is 17.9 Å². The van der Waals surface area contributed by atoms with Crippen molar-refractivity contribution in [3.63, 3.8) is 0 Å². The van der Waals surface area contributed by atoms with E-state index in [1.54, 1.807) is 0 Å². The van der Waals surface area contributed by atoms with Gasteiger partial charge in [0.2, 0.25) is 15.0 Å². The number of anilines is 1. The summed E-state index contributed by atoms with van der Waals surface area (Å²) in [7, 11) is -3.51. The van der Waals surface area contributed by atoms with Crippen LogP contribution in [-0.4, -0.2) is 30.7 Å². The largest absolute Gasteiger partial charge is 0.441 e. The van der Waals surface area contributed by atoms with Gasteiger partial charge in [-0.1, -0.05) is 13.8 Å². The zero-order valence-electron chi connectivity index (χ0n) is 10.2. The molecule has 2 heterocycles. The zero-order valence-corrected chi connectivity index (χ0v) is 11.0. The fourth-order valence-corrected chi connectivity index (χ4v) is 2.16. The molecular formula is C10H13N3O4S. The van der Waals surface area contributed by atoms with Gasteiger partial charge in [0.05, 0.1) is 5.56 Å². The van der Waals surface area contributed by atoms with Gasteiger partial charge in [-0.15, -0.1) is 0 Å². The second-order valence-corrected chi connectivity index (χ2v) is 6.33. The Morgan fingerprint density at radius 2 is 2.11 bits per heavy atom. The number of sulfone groups is 1. The Morgan fingerprint density at radius 3 is 2.67 bits per heavy atom. The van der Waals surface area contributed by atoms with E-state index in [9.17, 15) is 13.2 Å². The Kier molecular flexibility index (Phi) is 2.97. The fourth-order valence-electron chi connectivity index (χ4n) is 1.66. The van der Waals surface area contributed by atoms with Crippen LogP contribution in [0.4, 0.5) is 10.6 Å². The van der Waals surface area contributed by atoms with Crippen molar-refractivity contribution in [3.05, 3.63) is 11.8 Å². The molecular weight excluding hydrogens is 258 g/mol. The second kappa shape index (κ2) is 4.20. The summed E-state index contributed by atoms with van der Waals surface area (Å²) in [5.74, 6) is 0.239. The maximum Gasteiger partial charge on any atom is 0.413 e. The first kappa shape index (κ1) is 12.7. The standard InChI is InChI=1S/C10H13N3O4S/c1-5(2)7-6-4-11-9(18(3,15)16)12-8(6)13-10(14)17-7/h4-5,7H,1-3H3,(H,11,12,13,14). The highest BCUT2D eigenvalue weighted by atomic mass is 32.2. The summed E-state index contributed by atoms with van der Waals surface area (Å²) in [5, 5.41) is 2.07. The van der Waals surface area contributed by atoms with E-state index in [0.29, 0.717) is 5.56 Å². The number of nitrogens with zero attached hydrogens (tertiary/aromatic N) is 2. The highest BCUT2D eigenvalue weighted by Crippen LogP contribution is 2.34. The van der Waals surface area contributed by atoms with Gasteiger partial charge in [-0.2, -0.15) is 0 Å².